The fraction of sp³-hybridized carbons (Fsp3) is 0.176. The van der Waals surface area contributed by atoms with Gasteiger partial charge >= 0.3 is 0 Å². The molecule has 0 aliphatic heterocycles. The summed E-state index contributed by atoms with van der Waals surface area (Å²) in [7, 11) is 0. The van der Waals surface area contributed by atoms with Gasteiger partial charge in [0.05, 0.1) is 6.54 Å². The minimum Gasteiger partial charge on any atom is -0.490 e. The summed E-state index contributed by atoms with van der Waals surface area (Å²) in [4.78, 5) is 0. The van der Waals surface area contributed by atoms with Crippen LogP contribution in [0.25, 0.3) is 0 Å². The second kappa shape index (κ2) is 8.21. The van der Waals surface area contributed by atoms with Crippen LogP contribution in [0.4, 0.5) is 0 Å². The molecule has 0 aromatic heterocycles. The second-order valence-corrected chi connectivity index (χ2v) is 4.62. The maximum Gasteiger partial charge on any atom is 0.122 e. The maximum absolute atomic E-state index is 5.80. The van der Waals surface area contributed by atoms with E-state index in [9.17, 15) is 0 Å². The van der Waals surface area contributed by atoms with Crippen LogP contribution < -0.4 is 15.2 Å². The van der Waals surface area contributed by atoms with Crippen molar-refractivity contribution in [1.29, 1.82) is 0 Å². The molecule has 0 saturated carbocycles. The van der Waals surface area contributed by atoms with Crippen molar-refractivity contribution in [2.24, 2.45) is 5.73 Å². The Morgan fingerprint density at radius 2 is 1.67 bits per heavy atom. The monoisotopic (exact) mass is 301 g/mol. The first-order chi connectivity index (χ1) is 10.3. The molecule has 0 aliphatic carbocycles. The van der Waals surface area contributed by atoms with Crippen molar-refractivity contribution in [3.05, 3.63) is 59.1 Å². The van der Waals surface area contributed by atoms with Crippen molar-refractivity contribution in [2.45, 2.75) is 0 Å². The molecule has 0 atom stereocenters. The average Bonchev–Trinajstić information content (AvgIpc) is 2.52. The summed E-state index contributed by atoms with van der Waals surface area (Å²) >= 11 is 5.80. The van der Waals surface area contributed by atoms with Crippen molar-refractivity contribution < 1.29 is 9.47 Å². The summed E-state index contributed by atoms with van der Waals surface area (Å²) in [6, 6.07) is 14.8. The molecule has 0 fully saturated rings. The molecule has 0 radical (unpaired) electrons. The first-order valence-electron chi connectivity index (χ1n) is 6.58. The molecule has 2 aromatic rings. The van der Waals surface area contributed by atoms with E-state index in [0.717, 1.165) is 17.1 Å². The molecular formula is C17H16ClNO2. The van der Waals surface area contributed by atoms with Crippen molar-refractivity contribution in [3.8, 4) is 23.3 Å². The molecule has 2 rings (SSSR count). The van der Waals surface area contributed by atoms with Gasteiger partial charge in [-0.2, -0.15) is 0 Å². The van der Waals surface area contributed by atoms with Crippen LogP contribution in [-0.2, 0) is 0 Å². The van der Waals surface area contributed by atoms with E-state index < -0.39 is 0 Å². The van der Waals surface area contributed by atoms with Crippen LogP contribution >= 0.6 is 11.6 Å². The molecular weight excluding hydrogens is 286 g/mol. The zero-order valence-electron chi connectivity index (χ0n) is 11.5. The highest BCUT2D eigenvalue weighted by atomic mass is 35.5. The fourth-order valence-corrected chi connectivity index (χ4v) is 1.79. The van der Waals surface area contributed by atoms with Gasteiger partial charge < -0.3 is 15.2 Å². The first kappa shape index (κ1) is 15.2. The lowest BCUT2D eigenvalue weighted by molar-refractivity contribution is 0.217. The Labute approximate surface area is 129 Å². The lowest BCUT2D eigenvalue weighted by Gasteiger charge is -2.08. The summed E-state index contributed by atoms with van der Waals surface area (Å²) in [5.74, 6) is 7.31. The van der Waals surface area contributed by atoms with Gasteiger partial charge in [0, 0.05) is 10.6 Å². The molecule has 0 unspecified atom stereocenters. The Balaban J connectivity index is 1.79. The normalized spacial score (nSPS) is 9.62. The Hall–Kier alpha value is -2.15. The molecule has 0 spiro atoms. The molecule has 4 heteroatoms. The lowest BCUT2D eigenvalue weighted by Crippen LogP contribution is -2.08. The standard InChI is InChI=1S/C17H16ClNO2/c18-15-6-8-16(9-7-15)20-11-12-21-17-5-1-3-14(13-17)4-2-10-19/h1,3,5-9,13H,10-12,19H2. The fourth-order valence-electron chi connectivity index (χ4n) is 1.67. The van der Waals surface area contributed by atoms with Crippen LogP contribution in [0, 0.1) is 11.8 Å². The summed E-state index contributed by atoms with van der Waals surface area (Å²) in [6.07, 6.45) is 0. The third kappa shape index (κ3) is 5.39. The molecule has 0 amide bonds. The largest absolute Gasteiger partial charge is 0.490 e. The van der Waals surface area contributed by atoms with Crippen LogP contribution in [0.5, 0.6) is 11.5 Å². The van der Waals surface area contributed by atoms with Gasteiger partial charge in [-0.15, -0.1) is 0 Å². The smallest absolute Gasteiger partial charge is 0.122 e. The molecule has 0 aliphatic rings. The number of ether oxygens (including phenoxy) is 2. The van der Waals surface area contributed by atoms with Gasteiger partial charge in [-0.05, 0) is 42.5 Å². The van der Waals surface area contributed by atoms with Crippen molar-refractivity contribution >= 4 is 11.6 Å². The Kier molecular flexibility index (Phi) is 5.96. The van der Waals surface area contributed by atoms with Crippen LogP contribution in [0.3, 0.4) is 0 Å². The van der Waals surface area contributed by atoms with Gasteiger partial charge in [-0.1, -0.05) is 29.5 Å². The summed E-state index contributed by atoms with van der Waals surface area (Å²) < 4.78 is 11.2. The molecule has 0 saturated heterocycles. The lowest BCUT2D eigenvalue weighted by atomic mass is 10.2. The molecule has 108 valence electrons. The number of hydrogen-bond donors (Lipinski definition) is 1. The molecule has 3 nitrogen and oxygen atoms in total. The van der Waals surface area contributed by atoms with Gasteiger partial charge in [0.25, 0.3) is 0 Å². The first-order valence-corrected chi connectivity index (χ1v) is 6.96. The van der Waals surface area contributed by atoms with Crippen molar-refractivity contribution in [2.75, 3.05) is 19.8 Å². The van der Waals surface area contributed by atoms with Crippen LogP contribution in [0.1, 0.15) is 5.56 Å². The zero-order chi connectivity index (χ0) is 14.9. The van der Waals surface area contributed by atoms with E-state index in [1.807, 2.05) is 36.4 Å². The zero-order valence-corrected chi connectivity index (χ0v) is 12.3. The van der Waals surface area contributed by atoms with Gasteiger partial charge in [0.15, 0.2) is 0 Å². The third-order valence-corrected chi connectivity index (χ3v) is 2.86. The minimum absolute atomic E-state index is 0.347. The highest BCUT2D eigenvalue weighted by Gasteiger charge is 1.97. The third-order valence-electron chi connectivity index (χ3n) is 2.60. The van der Waals surface area contributed by atoms with E-state index in [1.165, 1.54) is 0 Å². The number of hydrogen-bond acceptors (Lipinski definition) is 3. The Bertz CT molecular complexity index is 629. The molecule has 0 bridgehead atoms. The number of rotatable bonds is 5. The van der Waals surface area contributed by atoms with E-state index in [-0.39, 0.29) is 0 Å². The molecule has 2 aromatic carbocycles. The van der Waals surface area contributed by atoms with Crippen LogP contribution in [-0.4, -0.2) is 19.8 Å². The van der Waals surface area contributed by atoms with Gasteiger partial charge in [0.2, 0.25) is 0 Å². The van der Waals surface area contributed by atoms with Gasteiger partial charge in [-0.25, -0.2) is 0 Å². The number of nitrogens with two attached hydrogens (primary N) is 1. The predicted molar refractivity (Wildman–Crippen MR) is 84.8 cm³/mol. The van der Waals surface area contributed by atoms with Crippen LogP contribution in [0.2, 0.25) is 5.02 Å². The van der Waals surface area contributed by atoms with E-state index in [1.54, 1.807) is 12.1 Å². The minimum atomic E-state index is 0.347. The topological polar surface area (TPSA) is 44.5 Å². The second-order valence-electron chi connectivity index (χ2n) is 4.18. The Morgan fingerprint density at radius 3 is 2.38 bits per heavy atom. The van der Waals surface area contributed by atoms with E-state index in [0.29, 0.717) is 24.8 Å². The quantitative estimate of drug-likeness (QED) is 0.682. The highest BCUT2D eigenvalue weighted by Crippen LogP contribution is 2.16. The Morgan fingerprint density at radius 1 is 0.952 bits per heavy atom. The van der Waals surface area contributed by atoms with Gasteiger partial charge in [-0.3, -0.25) is 0 Å². The molecule has 21 heavy (non-hydrogen) atoms. The number of halogens is 1. The summed E-state index contributed by atoms with van der Waals surface area (Å²) in [6.45, 7) is 1.26. The molecule has 2 N–H and O–H groups in total. The van der Waals surface area contributed by atoms with Crippen molar-refractivity contribution in [1.82, 2.24) is 0 Å². The predicted octanol–water partition coefficient (Wildman–Crippen LogP) is 3.11. The SMILES string of the molecule is NCC#Cc1cccc(OCCOc2ccc(Cl)cc2)c1. The van der Waals surface area contributed by atoms with Crippen LogP contribution in [0.15, 0.2) is 48.5 Å². The summed E-state index contributed by atoms with van der Waals surface area (Å²) in [5, 5.41) is 0.689. The number of benzene rings is 2. The maximum atomic E-state index is 5.80. The van der Waals surface area contributed by atoms with E-state index in [4.69, 9.17) is 26.8 Å². The highest BCUT2D eigenvalue weighted by molar-refractivity contribution is 6.30. The van der Waals surface area contributed by atoms with E-state index in [2.05, 4.69) is 11.8 Å². The summed E-state index contributed by atoms with van der Waals surface area (Å²) in [5.41, 5.74) is 6.23. The van der Waals surface area contributed by atoms with Gasteiger partial charge in [0.1, 0.15) is 24.7 Å². The van der Waals surface area contributed by atoms with E-state index >= 15 is 0 Å². The molecule has 0 heterocycles. The van der Waals surface area contributed by atoms with Crippen molar-refractivity contribution in [3.63, 3.8) is 0 Å². The average molecular weight is 302 g/mol.